The molecule has 1 saturated heterocycles. The van der Waals surface area contributed by atoms with Crippen LogP contribution in [0, 0.1) is 0 Å². The van der Waals surface area contributed by atoms with Gasteiger partial charge in [0.05, 0.1) is 11.2 Å². The molecule has 2 aromatic heterocycles. The van der Waals surface area contributed by atoms with Crippen molar-refractivity contribution in [2.45, 2.75) is 19.3 Å². The molecule has 1 aromatic carbocycles. The Morgan fingerprint density at radius 2 is 1.80 bits per heavy atom. The Labute approximate surface area is 145 Å². The molecule has 6 heteroatoms. The quantitative estimate of drug-likeness (QED) is 0.796. The maximum absolute atomic E-state index is 12.6. The predicted octanol–water partition coefficient (Wildman–Crippen LogP) is 3.27. The average molecular weight is 333 g/mol. The van der Waals surface area contributed by atoms with Gasteiger partial charge >= 0.3 is 0 Å². The first-order valence-corrected chi connectivity index (χ1v) is 8.54. The average Bonchev–Trinajstić information content (AvgIpc) is 2.69. The number of piperidine rings is 1. The summed E-state index contributed by atoms with van der Waals surface area (Å²) in [5.41, 5.74) is 1.81. The summed E-state index contributed by atoms with van der Waals surface area (Å²) in [5, 5.41) is 3.90. The van der Waals surface area contributed by atoms with Crippen LogP contribution in [0.2, 0.25) is 0 Å². The molecule has 3 aromatic rings. The van der Waals surface area contributed by atoms with E-state index in [1.54, 1.807) is 18.5 Å². The van der Waals surface area contributed by atoms with E-state index in [9.17, 15) is 4.79 Å². The zero-order valence-corrected chi connectivity index (χ0v) is 13.9. The molecule has 0 unspecified atom stereocenters. The number of anilines is 2. The summed E-state index contributed by atoms with van der Waals surface area (Å²) in [5.74, 6) is 0.377. The first kappa shape index (κ1) is 15.5. The van der Waals surface area contributed by atoms with Crippen LogP contribution in [0.4, 0.5) is 11.6 Å². The highest BCUT2D eigenvalue weighted by atomic mass is 16.1. The highest BCUT2D eigenvalue weighted by Gasteiger charge is 2.16. The molecule has 0 spiro atoms. The summed E-state index contributed by atoms with van der Waals surface area (Å²) >= 11 is 0. The van der Waals surface area contributed by atoms with Crippen LogP contribution in [-0.4, -0.2) is 33.9 Å². The molecule has 1 amide bonds. The fourth-order valence-corrected chi connectivity index (χ4v) is 3.11. The number of hydrogen-bond donors (Lipinski definition) is 1. The van der Waals surface area contributed by atoms with Gasteiger partial charge in [-0.2, -0.15) is 0 Å². The van der Waals surface area contributed by atoms with E-state index in [0.29, 0.717) is 17.3 Å². The van der Waals surface area contributed by atoms with E-state index < -0.39 is 0 Å². The topological polar surface area (TPSA) is 71.0 Å². The van der Waals surface area contributed by atoms with Gasteiger partial charge < -0.3 is 10.2 Å². The van der Waals surface area contributed by atoms with Crippen molar-refractivity contribution in [1.29, 1.82) is 0 Å². The van der Waals surface area contributed by atoms with E-state index >= 15 is 0 Å². The standard InChI is InChI=1S/C19H19N5O/c25-18(22-15-8-4-6-14-7-5-10-20-17(14)15)16-9-11-21-19(23-16)24-12-2-1-3-13-24/h4-11H,1-3,12-13H2,(H,22,25). The lowest BCUT2D eigenvalue weighted by Gasteiger charge is -2.26. The van der Waals surface area contributed by atoms with Crippen molar-refractivity contribution in [3.05, 3.63) is 54.5 Å². The Balaban J connectivity index is 1.58. The number of nitrogens with one attached hydrogen (secondary N) is 1. The Bertz CT molecular complexity index is 900. The third-order valence-electron chi connectivity index (χ3n) is 4.40. The van der Waals surface area contributed by atoms with Gasteiger partial charge in [-0.15, -0.1) is 0 Å². The summed E-state index contributed by atoms with van der Waals surface area (Å²) in [4.78, 5) is 27.9. The molecule has 0 bridgehead atoms. The maximum atomic E-state index is 12.6. The van der Waals surface area contributed by atoms with Crippen molar-refractivity contribution in [2.75, 3.05) is 23.3 Å². The smallest absolute Gasteiger partial charge is 0.274 e. The van der Waals surface area contributed by atoms with Gasteiger partial charge in [-0.1, -0.05) is 18.2 Å². The normalized spacial score (nSPS) is 14.5. The number of carbonyl (C=O) groups excluding carboxylic acids is 1. The molecule has 0 aliphatic carbocycles. The lowest BCUT2D eigenvalue weighted by molar-refractivity contribution is 0.102. The van der Waals surface area contributed by atoms with Gasteiger partial charge in [0, 0.05) is 30.9 Å². The summed E-state index contributed by atoms with van der Waals surface area (Å²) in [6.07, 6.45) is 6.89. The highest BCUT2D eigenvalue weighted by molar-refractivity contribution is 6.07. The number of para-hydroxylation sites is 1. The lowest BCUT2D eigenvalue weighted by Crippen LogP contribution is -2.31. The van der Waals surface area contributed by atoms with Crippen LogP contribution in [0.1, 0.15) is 29.8 Å². The van der Waals surface area contributed by atoms with Crippen LogP contribution in [-0.2, 0) is 0 Å². The number of amides is 1. The van der Waals surface area contributed by atoms with E-state index in [2.05, 4.69) is 25.2 Å². The fourth-order valence-electron chi connectivity index (χ4n) is 3.11. The molecular formula is C19H19N5O. The van der Waals surface area contributed by atoms with Crippen LogP contribution in [0.5, 0.6) is 0 Å². The van der Waals surface area contributed by atoms with Gasteiger partial charge in [-0.3, -0.25) is 9.78 Å². The van der Waals surface area contributed by atoms with Crippen LogP contribution < -0.4 is 10.2 Å². The first-order chi connectivity index (χ1) is 12.3. The third-order valence-corrected chi connectivity index (χ3v) is 4.40. The molecule has 6 nitrogen and oxygen atoms in total. The SMILES string of the molecule is O=C(Nc1cccc2cccnc12)c1ccnc(N2CCCCC2)n1. The third kappa shape index (κ3) is 3.28. The van der Waals surface area contributed by atoms with Crippen LogP contribution in [0.25, 0.3) is 10.9 Å². The highest BCUT2D eigenvalue weighted by Crippen LogP contribution is 2.21. The second-order valence-corrected chi connectivity index (χ2v) is 6.12. The molecule has 0 radical (unpaired) electrons. The van der Waals surface area contributed by atoms with Crippen molar-refractivity contribution < 1.29 is 4.79 Å². The van der Waals surface area contributed by atoms with Gasteiger partial charge in [0.2, 0.25) is 5.95 Å². The molecule has 0 saturated carbocycles. The van der Waals surface area contributed by atoms with Gasteiger partial charge in [0.25, 0.3) is 5.91 Å². The summed E-state index contributed by atoms with van der Waals surface area (Å²) in [6.45, 7) is 1.89. The van der Waals surface area contributed by atoms with E-state index in [4.69, 9.17) is 0 Å². The zero-order chi connectivity index (χ0) is 17.1. The molecule has 4 rings (SSSR count). The molecule has 25 heavy (non-hydrogen) atoms. The molecule has 1 N–H and O–H groups in total. The number of hydrogen-bond acceptors (Lipinski definition) is 5. The predicted molar refractivity (Wildman–Crippen MR) is 97.8 cm³/mol. The minimum Gasteiger partial charge on any atom is -0.341 e. The minimum atomic E-state index is -0.251. The summed E-state index contributed by atoms with van der Waals surface area (Å²) < 4.78 is 0. The number of nitrogens with zero attached hydrogens (tertiary/aromatic N) is 4. The zero-order valence-electron chi connectivity index (χ0n) is 13.9. The fraction of sp³-hybridized carbons (Fsp3) is 0.263. The van der Waals surface area contributed by atoms with E-state index in [1.165, 1.54) is 6.42 Å². The Hall–Kier alpha value is -3.02. The number of carbonyl (C=O) groups is 1. The van der Waals surface area contributed by atoms with Crippen LogP contribution in [0.15, 0.2) is 48.8 Å². The second-order valence-electron chi connectivity index (χ2n) is 6.12. The van der Waals surface area contributed by atoms with Crippen molar-refractivity contribution in [3.63, 3.8) is 0 Å². The Kier molecular flexibility index (Phi) is 4.24. The summed E-state index contributed by atoms with van der Waals surface area (Å²) in [6, 6.07) is 11.2. The first-order valence-electron chi connectivity index (χ1n) is 8.54. The van der Waals surface area contributed by atoms with Gasteiger partial charge in [0.15, 0.2) is 0 Å². The van der Waals surface area contributed by atoms with Gasteiger partial charge in [-0.05, 0) is 37.5 Å². The monoisotopic (exact) mass is 333 g/mol. The number of pyridine rings is 1. The van der Waals surface area contributed by atoms with Crippen LogP contribution >= 0.6 is 0 Å². The lowest BCUT2D eigenvalue weighted by atomic mass is 10.1. The summed E-state index contributed by atoms with van der Waals surface area (Å²) in [7, 11) is 0. The largest absolute Gasteiger partial charge is 0.341 e. The molecular weight excluding hydrogens is 314 g/mol. The molecule has 1 aliphatic rings. The van der Waals surface area contributed by atoms with Crippen molar-refractivity contribution >= 4 is 28.4 Å². The minimum absolute atomic E-state index is 0.251. The van der Waals surface area contributed by atoms with Gasteiger partial charge in [-0.25, -0.2) is 9.97 Å². The van der Waals surface area contributed by atoms with Crippen molar-refractivity contribution in [2.24, 2.45) is 0 Å². The second kappa shape index (κ2) is 6.84. The molecule has 1 fully saturated rings. The molecule has 3 heterocycles. The Morgan fingerprint density at radius 3 is 2.68 bits per heavy atom. The Morgan fingerprint density at radius 1 is 0.960 bits per heavy atom. The number of benzene rings is 1. The van der Waals surface area contributed by atoms with Crippen molar-refractivity contribution in [1.82, 2.24) is 15.0 Å². The molecule has 126 valence electrons. The molecule has 0 atom stereocenters. The van der Waals surface area contributed by atoms with Crippen LogP contribution in [0.3, 0.4) is 0 Å². The van der Waals surface area contributed by atoms with Gasteiger partial charge in [0.1, 0.15) is 5.69 Å². The van der Waals surface area contributed by atoms with E-state index in [-0.39, 0.29) is 5.91 Å². The maximum Gasteiger partial charge on any atom is 0.274 e. The molecule has 1 aliphatic heterocycles. The number of rotatable bonds is 3. The number of aromatic nitrogens is 3. The van der Waals surface area contributed by atoms with E-state index in [0.717, 1.165) is 36.8 Å². The number of fused-ring (bicyclic) bond motifs is 1. The van der Waals surface area contributed by atoms with E-state index in [1.807, 2.05) is 30.3 Å². The van der Waals surface area contributed by atoms with Crippen molar-refractivity contribution in [3.8, 4) is 0 Å².